The first-order chi connectivity index (χ1) is 13.2. The van der Waals surface area contributed by atoms with E-state index in [0.29, 0.717) is 30.2 Å². The van der Waals surface area contributed by atoms with Crippen molar-refractivity contribution < 1.29 is 13.6 Å². The van der Waals surface area contributed by atoms with Crippen LogP contribution in [0.2, 0.25) is 0 Å². The first-order valence-corrected chi connectivity index (χ1v) is 10.1. The topological polar surface area (TPSA) is 36.7 Å². The van der Waals surface area contributed by atoms with Crippen LogP contribution in [0.3, 0.4) is 0 Å². The molecule has 0 saturated carbocycles. The third-order valence-corrected chi connectivity index (χ3v) is 5.86. The zero-order valence-corrected chi connectivity index (χ0v) is 15.7. The molecule has 2 aromatic rings. The van der Waals surface area contributed by atoms with Crippen LogP contribution in [-0.4, -0.2) is 47.9 Å². The standard InChI is InChI=1S/C22H27FN2O2/c23-20-6-2-1-5-19(20)21-9-7-18(27-21)8-10-22(26)25-15-11-17(12-16-25)24-13-3-4-14-24/h1-2,5-7,9,17H,3-4,8,10-16H2. The van der Waals surface area contributed by atoms with Crippen LogP contribution in [0.5, 0.6) is 0 Å². The zero-order chi connectivity index (χ0) is 18.6. The van der Waals surface area contributed by atoms with Gasteiger partial charge in [-0.25, -0.2) is 4.39 Å². The lowest BCUT2D eigenvalue weighted by Gasteiger charge is -2.36. The largest absolute Gasteiger partial charge is 0.461 e. The summed E-state index contributed by atoms with van der Waals surface area (Å²) in [5, 5.41) is 0. The number of carbonyl (C=O) groups is 1. The van der Waals surface area contributed by atoms with Crippen LogP contribution in [0.15, 0.2) is 40.8 Å². The van der Waals surface area contributed by atoms with Crippen molar-refractivity contribution in [3.8, 4) is 11.3 Å². The van der Waals surface area contributed by atoms with E-state index in [4.69, 9.17) is 4.42 Å². The van der Waals surface area contributed by atoms with Crippen LogP contribution in [0.4, 0.5) is 4.39 Å². The maximum absolute atomic E-state index is 13.9. The van der Waals surface area contributed by atoms with Gasteiger partial charge in [0.2, 0.25) is 5.91 Å². The summed E-state index contributed by atoms with van der Waals surface area (Å²) in [5.74, 6) is 1.14. The monoisotopic (exact) mass is 370 g/mol. The molecule has 27 heavy (non-hydrogen) atoms. The Morgan fingerprint density at radius 1 is 1.04 bits per heavy atom. The highest BCUT2D eigenvalue weighted by molar-refractivity contribution is 5.76. The molecule has 0 unspecified atom stereocenters. The molecule has 0 radical (unpaired) electrons. The Morgan fingerprint density at radius 2 is 1.78 bits per heavy atom. The van der Waals surface area contributed by atoms with Crippen LogP contribution in [0.1, 0.15) is 37.9 Å². The highest BCUT2D eigenvalue weighted by Gasteiger charge is 2.28. The van der Waals surface area contributed by atoms with Gasteiger partial charge < -0.3 is 14.2 Å². The van der Waals surface area contributed by atoms with Gasteiger partial charge in [0, 0.05) is 32.0 Å². The maximum atomic E-state index is 13.9. The number of benzene rings is 1. The first-order valence-electron chi connectivity index (χ1n) is 10.1. The van der Waals surface area contributed by atoms with Crippen molar-refractivity contribution in [2.45, 2.75) is 44.6 Å². The normalized spacial score (nSPS) is 18.9. The van der Waals surface area contributed by atoms with E-state index in [9.17, 15) is 9.18 Å². The molecular weight excluding hydrogens is 343 g/mol. The van der Waals surface area contributed by atoms with E-state index >= 15 is 0 Å². The van der Waals surface area contributed by atoms with Crippen molar-refractivity contribution in [3.63, 3.8) is 0 Å². The number of carbonyl (C=O) groups excluding carboxylic acids is 1. The summed E-state index contributed by atoms with van der Waals surface area (Å²) in [6, 6.07) is 10.9. The van der Waals surface area contributed by atoms with Gasteiger partial charge in [-0.3, -0.25) is 4.79 Å². The van der Waals surface area contributed by atoms with E-state index in [2.05, 4.69) is 4.90 Å². The van der Waals surface area contributed by atoms with Gasteiger partial charge in [0.05, 0.1) is 5.56 Å². The van der Waals surface area contributed by atoms with E-state index in [-0.39, 0.29) is 11.7 Å². The molecule has 1 aromatic carbocycles. The van der Waals surface area contributed by atoms with E-state index in [0.717, 1.165) is 31.7 Å². The molecule has 0 N–H and O–H groups in total. The lowest BCUT2D eigenvalue weighted by atomic mass is 10.0. The number of hydrogen-bond donors (Lipinski definition) is 0. The number of likely N-dealkylation sites (tertiary alicyclic amines) is 2. The average Bonchev–Trinajstić information content (AvgIpc) is 3.39. The third-order valence-electron chi connectivity index (χ3n) is 5.86. The number of piperidine rings is 1. The lowest BCUT2D eigenvalue weighted by Crippen LogP contribution is -2.45. The number of aryl methyl sites for hydroxylation is 1. The SMILES string of the molecule is O=C(CCc1ccc(-c2ccccc2F)o1)N1CCC(N2CCCC2)CC1. The summed E-state index contributed by atoms with van der Waals surface area (Å²) in [7, 11) is 0. The van der Waals surface area contributed by atoms with Crippen LogP contribution < -0.4 is 0 Å². The Balaban J connectivity index is 1.27. The van der Waals surface area contributed by atoms with E-state index in [1.807, 2.05) is 11.0 Å². The van der Waals surface area contributed by atoms with Gasteiger partial charge in [-0.15, -0.1) is 0 Å². The predicted molar refractivity (Wildman–Crippen MR) is 103 cm³/mol. The third kappa shape index (κ3) is 4.24. The number of furan rings is 1. The number of nitrogens with zero attached hydrogens (tertiary/aromatic N) is 2. The minimum absolute atomic E-state index is 0.193. The Bertz CT molecular complexity index is 774. The van der Waals surface area contributed by atoms with Crippen LogP contribution in [0, 0.1) is 5.82 Å². The molecule has 4 nitrogen and oxygen atoms in total. The van der Waals surface area contributed by atoms with Crippen LogP contribution in [0.25, 0.3) is 11.3 Å². The van der Waals surface area contributed by atoms with E-state index in [1.165, 1.54) is 32.0 Å². The Kier molecular flexibility index (Phi) is 5.58. The molecule has 4 rings (SSSR count). The van der Waals surface area contributed by atoms with Gasteiger partial charge in [-0.1, -0.05) is 12.1 Å². The number of halogens is 1. The van der Waals surface area contributed by atoms with Crippen molar-refractivity contribution in [1.29, 1.82) is 0 Å². The van der Waals surface area contributed by atoms with Gasteiger partial charge >= 0.3 is 0 Å². The molecule has 5 heteroatoms. The second-order valence-electron chi connectivity index (χ2n) is 7.60. The highest BCUT2D eigenvalue weighted by atomic mass is 19.1. The first kappa shape index (κ1) is 18.2. The summed E-state index contributed by atoms with van der Waals surface area (Å²) in [6.45, 7) is 4.17. The Hall–Kier alpha value is -2.14. The summed E-state index contributed by atoms with van der Waals surface area (Å²) >= 11 is 0. The highest BCUT2D eigenvalue weighted by Crippen LogP contribution is 2.26. The molecule has 3 heterocycles. The molecule has 1 amide bonds. The second-order valence-corrected chi connectivity index (χ2v) is 7.60. The van der Waals surface area contributed by atoms with Crippen molar-refractivity contribution in [2.24, 2.45) is 0 Å². The van der Waals surface area contributed by atoms with Gasteiger partial charge in [0.1, 0.15) is 17.3 Å². The van der Waals surface area contributed by atoms with Crippen LogP contribution in [-0.2, 0) is 11.2 Å². The zero-order valence-electron chi connectivity index (χ0n) is 15.7. The van der Waals surface area contributed by atoms with Gasteiger partial charge in [0.15, 0.2) is 0 Å². The smallest absolute Gasteiger partial charge is 0.223 e. The van der Waals surface area contributed by atoms with Gasteiger partial charge in [-0.05, 0) is 63.0 Å². The van der Waals surface area contributed by atoms with Crippen LogP contribution >= 0.6 is 0 Å². The number of amides is 1. The fraction of sp³-hybridized carbons (Fsp3) is 0.500. The molecule has 2 fully saturated rings. The predicted octanol–water partition coefficient (Wildman–Crippen LogP) is 4.11. The molecule has 144 valence electrons. The molecule has 2 aliphatic rings. The van der Waals surface area contributed by atoms with Gasteiger partial charge in [-0.2, -0.15) is 0 Å². The molecule has 0 spiro atoms. The van der Waals surface area contributed by atoms with Gasteiger partial charge in [0.25, 0.3) is 0 Å². The molecule has 0 bridgehead atoms. The molecule has 0 aliphatic carbocycles. The summed E-state index contributed by atoms with van der Waals surface area (Å²) in [5.41, 5.74) is 0.457. The fourth-order valence-electron chi connectivity index (χ4n) is 4.29. The molecular formula is C22H27FN2O2. The second kappa shape index (κ2) is 8.26. The maximum Gasteiger partial charge on any atom is 0.223 e. The van der Waals surface area contributed by atoms with E-state index < -0.39 is 0 Å². The average molecular weight is 370 g/mol. The molecule has 1 aromatic heterocycles. The van der Waals surface area contributed by atoms with E-state index in [1.54, 1.807) is 24.3 Å². The molecule has 2 aliphatic heterocycles. The van der Waals surface area contributed by atoms with Crippen molar-refractivity contribution >= 4 is 5.91 Å². The van der Waals surface area contributed by atoms with Crippen molar-refractivity contribution in [2.75, 3.05) is 26.2 Å². The quantitative estimate of drug-likeness (QED) is 0.795. The Morgan fingerprint density at radius 3 is 2.52 bits per heavy atom. The van der Waals surface area contributed by atoms with Crippen molar-refractivity contribution in [3.05, 3.63) is 48.0 Å². The fourth-order valence-corrected chi connectivity index (χ4v) is 4.29. The summed E-state index contributed by atoms with van der Waals surface area (Å²) < 4.78 is 19.6. The summed E-state index contributed by atoms with van der Waals surface area (Å²) in [4.78, 5) is 17.1. The minimum atomic E-state index is -0.296. The number of hydrogen-bond acceptors (Lipinski definition) is 3. The minimum Gasteiger partial charge on any atom is -0.461 e. The molecule has 0 atom stereocenters. The molecule has 2 saturated heterocycles. The van der Waals surface area contributed by atoms with Crippen molar-refractivity contribution in [1.82, 2.24) is 9.80 Å². The summed E-state index contributed by atoms with van der Waals surface area (Å²) in [6.07, 6.45) is 5.81. The number of rotatable bonds is 5. The Labute approximate surface area is 159 Å². The lowest BCUT2D eigenvalue weighted by molar-refractivity contribution is -0.132.